The Morgan fingerprint density at radius 3 is 1.81 bits per heavy atom. The lowest BCUT2D eigenvalue weighted by Crippen LogP contribution is -2.60. The van der Waals surface area contributed by atoms with Crippen LogP contribution in [0.3, 0.4) is 0 Å². The lowest BCUT2D eigenvalue weighted by Gasteiger charge is -2.27. The van der Waals surface area contributed by atoms with E-state index in [9.17, 15) is 43.5 Å². The summed E-state index contributed by atoms with van der Waals surface area (Å²) in [5, 5.41) is 33.6. The summed E-state index contributed by atoms with van der Waals surface area (Å²) >= 11 is 0. The van der Waals surface area contributed by atoms with Crippen molar-refractivity contribution in [2.24, 2.45) is 23.3 Å². The largest absolute Gasteiger partial charge is 0.481 e. The molecule has 0 heterocycles. The maximum absolute atomic E-state index is 13.7. The van der Waals surface area contributed by atoms with Gasteiger partial charge in [0, 0.05) is 12.1 Å². The number of unbranched alkanes of at least 4 members (excludes halogenated alkanes) is 1. The molecule has 54 heavy (non-hydrogen) atoms. The molecule has 0 aliphatic carbocycles. The third kappa shape index (κ3) is 17.0. The molecule has 19 heteroatoms. The topological polar surface area (TPSA) is 327 Å². The quantitative estimate of drug-likeness (QED) is 0.0488. The molecule has 0 aliphatic rings. The summed E-state index contributed by atoms with van der Waals surface area (Å²) < 4.78 is 0. The molecule has 6 atom stereocenters. The molecule has 19 nitrogen and oxygen atoms in total. The fourth-order valence-corrected chi connectivity index (χ4v) is 5.11. The van der Waals surface area contributed by atoms with Crippen LogP contribution in [0.25, 0.3) is 0 Å². The first-order chi connectivity index (χ1) is 25.3. The number of carbonyl (C=O) groups excluding carboxylic acids is 7. The molecule has 1 aromatic rings. The van der Waals surface area contributed by atoms with E-state index in [1.807, 2.05) is 20.8 Å². The number of aliphatic hydroxyl groups excluding tert-OH is 1. The summed E-state index contributed by atoms with van der Waals surface area (Å²) in [5.74, 6) is -7.54. The zero-order chi connectivity index (χ0) is 41.1. The van der Waals surface area contributed by atoms with Crippen LogP contribution >= 0.6 is 0 Å². The van der Waals surface area contributed by atoms with Crippen molar-refractivity contribution in [3.8, 4) is 0 Å². The van der Waals surface area contributed by atoms with Crippen molar-refractivity contribution in [1.29, 1.82) is 0 Å². The number of nitrogens with two attached hydrogens (primary N) is 3. The minimum atomic E-state index is -1.61. The molecule has 0 bridgehead atoms. The van der Waals surface area contributed by atoms with Crippen LogP contribution in [0, 0.1) is 11.8 Å². The van der Waals surface area contributed by atoms with Crippen LogP contribution in [-0.2, 0) is 44.8 Å². The van der Waals surface area contributed by atoms with Gasteiger partial charge in [0.05, 0.1) is 25.6 Å². The van der Waals surface area contributed by atoms with Gasteiger partial charge in [0.15, 0.2) is 0 Å². The van der Waals surface area contributed by atoms with Gasteiger partial charge in [-0.2, -0.15) is 0 Å². The highest BCUT2D eigenvalue weighted by Gasteiger charge is 2.32. The maximum atomic E-state index is 13.7. The van der Waals surface area contributed by atoms with E-state index >= 15 is 0 Å². The summed E-state index contributed by atoms with van der Waals surface area (Å²) in [7, 11) is 0. The highest BCUT2D eigenvalue weighted by molar-refractivity contribution is 5.97. The molecule has 302 valence electrons. The molecular weight excluding hydrogens is 706 g/mol. The molecule has 0 spiro atoms. The average Bonchev–Trinajstić information content (AvgIpc) is 3.09. The van der Waals surface area contributed by atoms with Gasteiger partial charge in [-0.1, -0.05) is 59.6 Å². The van der Waals surface area contributed by atoms with Crippen molar-refractivity contribution < 1.29 is 48.6 Å². The number of primary amides is 1. The lowest BCUT2D eigenvalue weighted by molar-refractivity contribution is -0.140. The van der Waals surface area contributed by atoms with Crippen LogP contribution in [0.4, 0.5) is 5.69 Å². The molecule has 1 aromatic carbocycles. The van der Waals surface area contributed by atoms with E-state index in [2.05, 4.69) is 31.9 Å². The molecule has 14 N–H and O–H groups in total. The Morgan fingerprint density at radius 2 is 1.30 bits per heavy atom. The van der Waals surface area contributed by atoms with Crippen LogP contribution < -0.4 is 49.1 Å². The van der Waals surface area contributed by atoms with Crippen LogP contribution in [0.1, 0.15) is 72.3 Å². The first-order valence-corrected chi connectivity index (χ1v) is 17.8. The molecule has 0 unspecified atom stereocenters. The number of carboxylic acid groups (broad SMARTS) is 1. The molecule has 0 saturated heterocycles. The first-order valence-electron chi connectivity index (χ1n) is 17.8. The fraction of sp³-hybridized carbons (Fsp3) is 0.600. The second-order valence-corrected chi connectivity index (χ2v) is 13.8. The molecule has 0 fully saturated rings. The maximum Gasteiger partial charge on any atom is 0.305 e. The predicted molar refractivity (Wildman–Crippen MR) is 198 cm³/mol. The molecule has 0 aliphatic heterocycles. The number of benzene rings is 1. The Morgan fingerprint density at radius 1 is 0.741 bits per heavy atom. The number of aliphatic hydroxyl groups is 1. The molecule has 1 rings (SSSR count). The third-order valence-electron chi connectivity index (χ3n) is 8.13. The van der Waals surface area contributed by atoms with Crippen LogP contribution in [-0.4, -0.2) is 107 Å². The smallest absolute Gasteiger partial charge is 0.305 e. The van der Waals surface area contributed by atoms with Gasteiger partial charge in [-0.15, -0.1) is 0 Å². The van der Waals surface area contributed by atoms with Gasteiger partial charge in [0.1, 0.15) is 30.2 Å². The number of hydrogen-bond acceptors (Lipinski definition) is 11. The molecule has 0 radical (unpaired) electrons. The van der Waals surface area contributed by atoms with Crippen LogP contribution in [0.15, 0.2) is 24.3 Å². The van der Waals surface area contributed by atoms with E-state index in [0.29, 0.717) is 24.1 Å². The number of carboxylic acids is 1. The number of amides is 7. The van der Waals surface area contributed by atoms with E-state index in [-0.39, 0.29) is 18.8 Å². The summed E-state index contributed by atoms with van der Waals surface area (Å²) in [6.07, 6.45) is 1.13. The van der Waals surface area contributed by atoms with Gasteiger partial charge in [-0.25, -0.2) is 0 Å². The fourth-order valence-electron chi connectivity index (χ4n) is 5.11. The summed E-state index contributed by atoms with van der Waals surface area (Å²) in [6.45, 7) is 7.38. The van der Waals surface area contributed by atoms with Crippen molar-refractivity contribution >= 4 is 53.0 Å². The highest BCUT2D eigenvalue weighted by atomic mass is 16.4. The van der Waals surface area contributed by atoms with Crippen molar-refractivity contribution in [2.75, 3.05) is 18.9 Å². The van der Waals surface area contributed by atoms with Crippen molar-refractivity contribution in [3.63, 3.8) is 0 Å². The Kier molecular flexibility index (Phi) is 20.2. The van der Waals surface area contributed by atoms with E-state index in [1.165, 1.54) is 0 Å². The van der Waals surface area contributed by atoms with Gasteiger partial charge in [0.2, 0.25) is 41.4 Å². The second-order valence-electron chi connectivity index (χ2n) is 13.8. The Balaban J connectivity index is 3.11. The van der Waals surface area contributed by atoms with E-state index in [4.69, 9.17) is 22.3 Å². The Hall–Kier alpha value is -5.30. The van der Waals surface area contributed by atoms with Gasteiger partial charge in [-0.05, 0) is 42.4 Å². The van der Waals surface area contributed by atoms with Gasteiger partial charge >= 0.3 is 5.97 Å². The number of nitrogens with one attached hydrogen (secondary N) is 6. The zero-order valence-electron chi connectivity index (χ0n) is 31.5. The number of hydrogen-bond donors (Lipinski definition) is 11. The normalized spacial score (nSPS) is 14.4. The zero-order valence-corrected chi connectivity index (χ0v) is 31.5. The minimum Gasteiger partial charge on any atom is -0.481 e. The van der Waals surface area contributed by atoms with Gasteiger partial charge in [-0.3, -0.25) is 38.4 Å². The Bertz CT molecular complexity index is 1460. The molecule has 0 saturated carbocycles. The van der Waals surface area contributed by atoms with Gasteiger partial charge < -0.3 is 59.3 Å². The Labute approximate surface area is 314 Å². The second kappa shape index (κ2) is 23.4. The molecule has 0 aromatic heterocycles. The number of aliphatic carboxylic acids is 1. The van der Waals surface area contributed by atoms with Crippen molar-refractivity contribution in [1.82, 2.24) is 31.9 Å². The monoisotopic (exact) mass is 763 g/mol. The average molecular weight is 764 g/mol. The molecular formula is C35H57N9O10. The highest BCUT2D eigenvalue weighted by Crippen LogP contribution is 2.11. The molecule has 7 amide bonds. The van der Waals surface area contributed by atoms with E-state index in [1.54, 1.807) is 38.1 Å². The minimum absolute atomic E-state index is 0.0287. The van der Waals surface area contributed by atoms with Crippen molar-refractivity contribution in [2.45, 2.75) is 109 Å². The summed E-state index contributed by atoms with van der Waals surface area (Å²) in [6, 6.07) is -1.31. The SMILES string of the molecule is CCCC[C@H](NC(=O)[C@H](CC(C)C)NC(=O)CNC(=O)[C@@H](NC(=O)[C@H](Cc1ccc(N)cc1)NC(=O)[C@H](CO)NC(=O)[C@@H](N)CC(=O)O)C(C)C)C(N)=O. The number of nitrogen functional groups attached to an aromatic ring is 1. The first kappa shape index (κ1) is 46.7. The predicted octanol–water partition coefficient (Wildman–Crippen LogP) is -2.48. The standard InChI is InChI=1S/C35H57N9O10/c1-6-7-8-23(30(38)49)41-32(51)24(13-18(2)3)40-27(46)16-39-35(54)29(19(4)5)44-33(52)25(14-20-9-11-21(36)12-10-20)42-34(53)26(17-45)43-31(50)22(37)15-28(47)48/h9-12,18-19,22-26,29,45H,6-8,13-17,36-37H2,1-5H3,(H2,38,49)(H,39,54)(H,40,46)(H,41,51)(H,42,53)(H,43,50)(H,44,52)(H,47,48)/t22-,23-,24-,25-,26-,29-/m0/s1. The number of anilines is 1. The third-order valence-corrected chi connectivity index (χ3v) is 8.13. The van der Waals surface area contributed by atoms with E-state index in [0.717, 1.165) is 6.42 Å². The number of carbonyl (C=O) groups is 8. The summed E-state index contributed by atoms with van der Waals surface area (Å²) in [4.78, 5) is 101. The van der Waals surface area contributed by atoms with Gasteiger partial charge in [0.25, 0.3) is 0 Å². The van der Waals surface area contributed by atoms with Crippen molar-refractivity contribution in [3.05, 3.63) is 29.8 Å². The van der Waals surface area contributed by atoms with Crippen LogP contribution in [0.5, 0.6) is 0 Å². The van der Waals surface area contributed by atoms with Crippen LogP contribution in [0.2, 0.25) is 0 Å². The number of rotatable bonds is 24. The summed E-state index contributed by atoms with van der Waals surface area (Å²) in [5.41, 5.74) is 17.8. The lowest BCUT2D eigenvalue weighted by atomic mass is 10.0. The van der Waals surface area contributed by atoms with E-state index < -0.39 is 109 Å².